The van der Waals surface area contributed by atoms with E-state index in [2.05, 4.69) is 22.4 Å². The first kappa shape index (κ1) is 12.0. The quantitative estimate of drug-likeness (QED) is 0.580. The lowest BCUT2D eigenvalue weighted by Crippen LogP contribution is -1.76. The van der Waals surface area contributed by atoms with Crippen LogP contribution in [0.15, 0.2) is 35.3 Å². The molecule has 0 aliphatic heterocycles. The van der Waals surface area contributed by atoms with Gasteiger partial charge in [0.15, 0.2) is 0 Å². The molecule has 1 N–H and O–H groups in total. The van der Waals surface area contributed by atoms with Crippen LogP contribution in [-0.2, 0) is 6.54 Å². The third-order valence-electron chi connectivity index (χ3n) is 1.17. The van der Waals surface area contributed by atoms with Crippen LogP contribution in [-0.4, -0.2) is 16.9 Å². The molecule has 1 aromatic carbocycles. The van der Waals surface area contributed by atoms with Crippen LogP contribution in [0.2, 0.25) is 0 Å². The van der Waals surface area contributed by atoms with Crippen molar-refractivity contribution >= 4 is 17.4 Å². The Morgan fingerprint density at radius 2 is 1.92 bits per heavy atom. The number of hydrogen-bond acceptors (Lipinski definition) is 3. The number of hydrogen-bond donors (Lipinski definition) is 1. The summed E-state index contributed by atoms with van der Waals surface area (Å²) in [7, 11) is 0. The molecule has 0 fully saturated rings. The maximum Gasteiger partial charge on any atom is 0.0743 e. The topological polar surface area (TPSA) is 32.6 Å². The zero-order valence-corrected chi connectivity index (χ0v) is 8.42. The number of thiocarbonyl (C=S) groups is 1. The van der Waals surface area contributed by atoms with Gasteiger partial charge in [-0.3, -0.25) is 0 Å². The van der Waals surface area contributed by atoms with Crippen molar-refractivity contribution in [3.8, 4) is 0 Å². The molecular weight excluding hydrogens is 182 g/mol. The highest BCUT2D eigenvalue weighted by molar-refractivity contribution is 7.78. The number of aliphatic imine (C=N–C) groups is 1. The summed E-state index contributed by atoms with van der Waals surface area (Å²) >= 11 is 4.43. The van der Waals surface area contributed by atoms with Gasteiger partial charge in [-0.1, -0.05) is 30.3 Å². The third kappa shape index (κ3) is 7.34. The van der Waals surface area contributed by atoms with Crippen molar-refractivity contribution in [3.05, 3.63) is 35.9 Å². The minimum atomic E-state index is 0.250. The molecule has 2 nitrogen and oxygen atoms in total. The van der Waals surface area contributed by atoms with Crippen molar-refractivity contribution in [2.24, 2.45) is 4.99 Å². The van der Waals surface area contributed by atoms with E-state index in [9.17, 15) is 0 Å². The largest absolute Gasteiger partial charge is 0.397 e. The van der Waals surface area contributed by atoms with Crippen LogP contribution in [0.1, 0.15) is 12.5 Å². The van der Waals surface area contributed by atoms with E-state index in [1.807, 2.05) is 30.3 Å². The normalized spacial score (nSPS) is 7.85. The van der Waals surface area contributed by atoms with Crippen LogP contribution < -0.4 is 0 Å². The molecule has 0 aliphatic rings. The first-order valence-electron chi connectivity index (χ1n) is 4.03. The van der Waals surface area contributed by atoms with Crippen LogP contribution >= 0.6 is 12.2 Å². The second-order valence-corrected chi connectivity index (χ2v) is 2.39. The summed E-state index contributed by atoms with van der Waals surface area (Å²) < 4.78 is 0. The van der Waals surface area contributed by atoms with E-state index >= 15 is 0 Å². The van der Waals surface area contributed by atoms with Gasteiger partial charge < -0.3 is 5.11 Å². The molecule has 0 amide bonds. The maximum absolute atomic E-state index is 7.57. The molecule has 13 heavy (non-hydrogen) atoms. The Balaban J connectivity index is 0.000000424. The van der Waals surface area contributed by atoms with Gasteiger partial charge in [0.1, 0.15) is 0 Å². The van der Waals surface area contributed by atoms with Gasteiger partial charge >= 0.3 is 0 Å². The molecule has 0 bridgehead atoms. The standard InChI is InChI=1S/C8H7NS.C2H6O/c10-7-9-6-8-4-2-1-3-5-8;1-2-3/h1-5H,6H2;3H,2H2,1H3. The van der Waals surface area contributed by atoms with Crippen LogP contribution in [0.25, 0.3) is 0 Å². The van der Waals surface area contributed by atoms with Crippen LogP contribution in [0.5, 0.6) is 0 Å². The summed E-state index contributed by atoms with van der Waals surface area (Å²) in [5, 5.41) is 9.89. The Kier molecular flexibility index (Phi) is 8.36. The lowest BCUT2D eigenvalue weighted by Gasteiger charge is -1.90. The highest BCUT2D eigenvalue weighted by Crippen LogP contribution is 1.98. The summed E-state index contributed by atoms with van der Waals surface area (Å²) in [6.07, 6.45) is 0. The Bertz CT molecular complexity index is 255. The first-order valence-corrected chi connectivity index (χ1v) is 4.44. The van der Waals surface area contributed by atoms with Gasteiger partial charge in [-0.05, 0) is 24.7 Å². The molecule has 0 spiro atoms. The number of rotatable bonds is 2. The van der Waals surface area contributed by atoms with E-state index < -0.39 is 0 Å². The molecule has 3 heteroatoms. The molecular formula is C10H13NOS. The zero-order valence-electron chi connectivity index (χ0n) is 7.60. The summed E-state index contributed by atoms with van der Waals surface area (Å²) in [4.78, 5) is 3.81. The molecule has 0 saturated heterocycles. The molecule has 1 aromatic rings. The van der Waals surface area contributed by atoms with E-state index in [-0.39, 0.29) is 6.61 Å². The van der Waals surface area contributed by atoms with Gasteiger partial charge in [0.05, 0.1) is 11.7 Å². The number of aliphatic hydroxyl groups excluding tert-OH is 1. The van der Waals surface area contributed by atoms with Crippen molar-refractivity contribution in [2.75, 3.05) is 6.61 Å². The molecule has 0 saturated carbocycles. The van der Waals surface area contributed by atoms with Gasteiger partial charge in [0, 0.05) is 6.61 Å². The Morgan fingerprint density at radius 1 is 1.38 bits per heavy atom. The molecule has 70 valence electrons. The fourth-order valence-corrected chi connectivity index (χ4v) is 0.772. The average molecular weight is 195 g/mol. The van der Waals surface area contributed by atoms with Crippen molar-refractivity contribution in [3.63, 3.8) is 0 Å². The average Bonchev–Trinajstić information content (AvgIpc) is 2.18. The van der Waals surface area contributed by atoms with E-state index in [1.165, 1.54) is 5.56 Å². The number of nitrogens with zero attached hydrogens (tertiary/aromatic N) is 1. The monoisotopic (exact) mass is 195 g/mol. The Labute approximate surface area is 83.9 Å². The van der Waals surface area contributed by atoms with E-state index in [0.717, 1.165) is 0 Å². The lowest BCUT2D eigenvalue weighted by molar-refractivity contribution is 0.318. The third-order valence-corrected chi connectivity index (χ3v) is 1.30. The van der Waals surface area contributed by atoms with E-state index in [1.54, 1.807) is 6.92 Å². The first-order chi connectivity index (χ1) is 6.35. The molecule has 1 rings (SSSR count). The van der Waals surface area contributed by atoms with Crippen molar-refractivity contribution in [2.45, 2.75) is 13.5 Å². The number of benzene rings is 1. The van der Waals surface area contributed by atoms with Crippen molar-refractivity contribution in [1.29, 1.82) is 0 Å². The predicted octanol–water partition coefficient (Wildman–Crippen LogP) is 2.29. The highest BCUT2D eigenvalue weighted by Gasteiger charge is 1.84. The minimum absolute atomic E-state index is 0.250. The molecule has 0 unspecified atom stereocenters. The SMILES string of the molecule is CCO.S=C=NCc1ccccc1. The summed E-state index contributed by atoms with van der Waals surface area (Å²) in [6, 6.07) is 9.96. The van der Waals surface area contributed by atoms with E-state index in [0.29, 0.717) is 6.54 Å². The molecule has 0 aromatic heterocycles. The molecule has 0 heterocycles. The van der Waals surface area contributed by atoms with Gasteiger partial charge in [0.2, 0.25) is 0 Å². The second-order valence-electron chi connectivity index (χ2n) is 2.21. The van der Waals surface area contributed by atoms with Crippen LogP contribution in [0, 0.1) is 0 Å². The zero-order chi connectivity index (χ0) is 9.94. The van der Waals surface area contributed by atoms with Crippen molar-refractivity contribution < 1.29 is 5.11 Å². The van der Waals surface area contributed by atoms with Crippen molar-refractivity contribution in [1.82, 2.24) is 0 Å². The summed E-state index contributed by atoms with van der Waals surface area (Å²) in [6.45, 7) is 2.57. The fourth-order valence-electron chi connectivity index (χ4n) is 0.707. The smallest absolute Gasteiger partial charge is 0.0743 e. The second kappa shape index (κ2) is 9.07. The fraction of sp³-hybridized carbons (Fsp3) is 0.300. The lowest BCUT2D eigenvalue weighted by atomic mass is 10.2. The summed E-state index contributed by atoms with van der Waals surface area (Å²) in [5.41, 5.74) is 1.17. The van der Waals surface area contributed by atoms with Gasteiger partial charge in [-0.2, -0.15) is 0 Å². The van der Waals surface area contributed by atoms with Crippen LogP contribution in [0.3, 0.4) is 0 Å². The predicted molar refractivity (Wildman–Crippen MR) is 57.9 cm³/mol. The van der Waals surface area contributed by atoms with Crippen LogP contribution in [0.4, 0.5) is 0 Å². The Morgan fingerprint density at radius 3 is 2.38 bits per heavy atom. The molecule has 0 aliphatic carbocycles. The molecule has 0 atom stereocenters. The Hall–Kier alpha value is -1.02. The summed E-state index contributed by atoms with van der Waals surface area (Å²) in [5.74, 6) is 0. The van der Waals surface area contributed by atoms with Gasteiger partial charge in [-0.15, -0.1) is 0 Å². The number of aliphatic hydroxyl groups is 1. The number of isothiocyanates is 1. The molecule has 0 radical (unpaired) electrons. The highest BCUT2D eigenvalue weighted by atomic mass is 32.1. The van der Waals surface area contributed by atoms with Gasteiger partial charge in [-0.25, -0.2) is 4.99 Å². The van der Waals surface area contributed by atoms with E-state index in [4.69, 9.17) is 5.11 Å². The minimum Gasteiger partial charge on any atom is -0.397 e. The maximum atomic E-state index is 7.57. The van der Waals surface area contributed by atoms with Gasteiger partial charge in [0.25, 0.3) is 0 Å².